The van der Waals surface area contributed by atoms with Crippen LogP contribution in [0.15, 0.2) is 59.1 Å². The summed E-state index contributed by atoms with van der Waals surface area (Å²) in [7, 11) is 0. The van der Waals surface area contributed by atoms with Gasteiger partial charge in [-0.25, -0.2) is 9.67 Å². The molecule has 2 aromatic carbocycles. The van der Waals surface area contributed by atoms with Gasteiger partial charge in [-0.1, -0.05) is 23.4 Å². The molecule has 0 spiro atoms. The van der Waals surface area contributed by atoms with Crippen molar-refractivity contribution in [2.24, 2.45) is 0 Å². The third kappa shape index (κ3) is 2.63. The highest BCUT2D eigenvalue weighted by molar-refractivity contribution is 6.03. The van der Waals surface area contributed by atoms with Gasteiger partial charge in [-0.3, -0.25) is 4.79 Å². The molecule has 0 saturated heterocycles. The zero-order valence-electron chi connectivity index (χ0n) is 12.8. The first-order valence-corrected chi connectivity index (χ1v) is 7.35. The van der Waals surface area contributed by atoms with Crippen LogP contribution in [0.4, 0.5) is 5.69 Å². The number of para-hydroxylation sites is 1. The van der Waals surface area contributed by atoms with Gasteiger partial charge in [0.2, 0.25) is 0 Å². The zero-order chi connectivity index (χ0) is 16.5. The second-order valence-electron chi connectivity index (χ2n) is 5.25. The molecule has 0 aliphatic carbocycles. The third-order valence-corrected chi connectivity index (χ3v) is 3.50. The highest BCUT2D eigenvalue weighted by Crippen LogP contribution is 2.20. The maximum atomic E-state index is 12.3. The van der Waals surface area contributed by atoms with Crippen molar-refractivity contribution < 1.29 is 9.21 Å². The molecule has 0 fully saturated rings. The first kappa shape index (κ1) is 14.1. The first-order chi connectivity index (χ1) is 11.7. The lowest BCUT2D eigenvalue weighted by Gasteiger charge is -2.02. The van der Waals surface area contributed by atoms with Crippen molar-refractivity contribution in [2.45, 2.75) is 6.92 Å². The van der Waals surface area contributed by atoms with Gasteiger partial charge in [0.15, 0.2) is 17.2 Å². The van der Waals surface area contributed by atoms with E-state index in [0.29, 0.717) is 17.2 Å². The fourth-order valence-corrected chi connectivity index (χ4v) is 2.39. The minimum Gasteiger partial charge on any atom is -0.441 e. The van der Waals surface area contributed by atoms with Crippen LogP contribution in [-0.4, -0.2) is 25.9 Å². The summed E-state index contributed by atoms with van der Waals surface area (Å²) in [5.41, 5.74) is 3.05. The fraction of sp³-hybridized carbons (Fsp3) is 0.0588. The minimum atomic E-state index is -0.340. The van der Waals surface area contributed by atoms with Gasteiger partial charge in [0, 0.05) is 18.7 Å². The molecular formula is C17H13N5O2. The van der Waals surface area contributed by atoms with Gasteiger partial charge in [0.25, 0.3) is 5.91 Å². The van der Waals surface area contributed by atoms with Crippen LogP contribution in [0.5, 0.6) is 0 Å². The Morgan fingerprint density at radius 2 is 2.00 bits per heavy atom. The van der Waals surface area contributed by atoms with Crippen LogP contribution < -0.4 is 5.32 Å². The normalized spacial score (nSPS) is 10.9. The van der Waals surface area contributed by atoms with Gasteiger partial charge in [-0.2, -0.15) is 0 Å². The molecule has 2 heterocycles. The van der Waals surface area contributed by atoms with Crippen LogP contribution in [-0.2, 0) is 0 Å². The Kier molecular flexibility index (Phi) is 3.31. The largest absolute Gasteiger partial charge is 0.441 e. The molecule has 7 nitrogen and oxygen atoms in total. The average Bonchev–Trinajstić information content (AvgIpc) is 3.21. The maximum absolute atomic E-state index is 12.3. The molecule has 0 unspecified atom stereocenters. The number of nitrogens with zero attached hydrogens (tertiary/aromatic N) is 4. The molecule has 0 saturated carbocycles. The summed E-state index contributed by atoms with van der Waals surface area (Å²) in [6, 6.07) is 14.8. The van der Waals surface area contributed by atoms with Crippen LogP contribution in [0.3, 0.4) is 0 Å². The van der Waals surface area contributed by atoms with Crippen LogP contribution in [0.2, 0.25) is 0 Å². The molecule has 0 bridgehead atoms. The number of aromatic nitrogens is 4. The zero-order valence-corrected chi connectivity index (χ0v) is 12.8. The quantitative estimate of drug-likeness (QED) is 0.627. The second-order valence-corrected chi connectivity index (χ2v) is 5.25. The number of nitrogens with one attached hydrogen (secondary N) is 1. The number of hydrogen-bond donors (Lipinski definition) is 1. The number of amides is 1. The summed E-state index contributed by atoms with van der Waals surface area (Å²) in [6.07, 6.45) is 1.59. The smallest absolute Gasteiger partial charge is 0.277 e. The fourth-order valence-electron chi connectivity index (χ4n) is 2.39. The predicted molar refractivity (Wildman–Crippen MR) is 88.1 cm³/mol. The highest BCUT2D eigenvalue weighted by atomic mass is 16.3. The van der Waals surface area contributed by atoms with E-state index in [1.807, 2.05) is 30.3 Å². The summed E-state index contributed by atoms with van der Waals surface area (Å²) in [5, 5.41) is 10.7. The van der Waals surface area contributed by atoms with Crippen molar-refractivity contribution in [2.75, 3.05) is 5.32 Å². The number of aryl methyl sites for hydroxylation is 1. The van der Waals surface area contributed by atoms with Gasteiger partial charge < -0.3 is 9.73 Å². The Hall–Kier alpha value is -3.48. The maximum Gasteiger partial charge on any atom is 0.277 e. The van der Waals surface area contributed by atoms with Crippen LogP contribution >= 0.6 is 0 Å². The van der Waals surface area contributed by atoms with Crippen molar-refractivity contribution in [3.63, 3.8) is 0 Å². The molecule has 1 N–H and O–H groups in total. The van der Waals surface area contributed by atoms with E-state index < -0.39 is 0 Å². The van der Waals surface area contributed by atoms with Gasteiger partial charge in [-0.15, -0.1) is 5.10 Å². The van der Waals surface area contributed by atoms with E-state index >= 15 is 0 Å². The monoisotopic (exact) mass is 319 g/mol. The van der Waals surface area contributed by atoms with Crippen molar-refractivity contribution in [1.82, 2.24) is 20.0 Å². The number of benzene rings is 2. The highest BCUT2D eigenvalue weighted by Gasteiger charge is 2.13. The number of carbonyl (C=O) groups excluding carboxylic acids is 1. The molecule has 24 heavy (non-hydrogen) atoms. The third-order valence-electron chi connectivity index (χ3n) is 3.50. The standard InChI is InChI=1S/C17H13N5O2/c1-11-18-14-8-7-12(9-16(14)24-11)19-17(23)15-10-22(21-20-15)13-5-3-2-4-6-13/h2-10H,1H3,(H,19,23). The Bertz CT molecular complexity index is 1020. The molecule has 7 heteroatoms. The van der Waals surface area contributed by atoms with E-state index in [1.54, 1.807) is 36.0 Å². The minimum absolute atomic E-state index is 0.229. The topological polar surface area (TPSA) is 85.8 Å². The average molecular weight is 319 g/mol. The van der Waals surface area contributed by atoms with Crippen molar-refractivity contribution in [3.05, 3.63) is 66.3 Å². The van der Waals surface area contributed by atoms with E-state index in [-0.39, 0.29) is 11.6 Å². The van der Waals surface area contributed by atoms with E-state index in [1.165, 1.54) is 0 Å². The number of oxazole rings is 1. The van der Waals surface area contributed by atoms with Crippen LogP contribution in [0.1, 0.15) is 16.4 Å². The summed E-state index contributed by atoms with van der Waals surface area (Å²) in [4.78, 5) is 16.6. The van der Waals surface area contributed by atoms with E-state index in [9.17, 15) is 4.79 Å². The molecule has 118 valence electrons. The summed E-state index contributed by atoms with van der Waals surface area (Å²) >= 11 is 0. The first-order valence-electron chi connectivity index (χ1n) is 7.35. The second kappa shape index (κ2) is 5.62. The molecule has 4 aromatic rings. The molecule has 0 aliphatic heterocycles. The van der Waals surface area contributed by atoms with Crippen molar-refractivity contribution in [3.8, 4) is 5.69 Å². The SMILES string of the molecule is Cc1nc2ccc(NC(=O)c3cn(-c4ccccc4)nn3)cc2o1. The Labute approximate surface area is 136 Å². The number of hydrogen-bond acceptors (Lipinski definition) is 5. The van der Waals surface area contributed by atoms with Crippen molar-refractivity contribution >= 4 is 22.7 Å². The molecule has 2 aromatic heterocycles. The van der Waals surface area contributed by atoms with Crippen molar-refractivity contribution in [1.29, 1.82) is 0 Å². The Morgan fingerprint density at radius 1 is 1.17 bits per heavy atom. The van der Waals surface area contributed by atoms with Gasteiger partial charge in [0.1, 0.15) is 5.52 Å². The number of fused-ring (bicyclic) bond motifs is 1. The van der Waals surface area contributed by atoms with Gasteiger partial charge >= 0.3 is 0 Å². The van der Waals surface area contributed by atoms with E-state index in [4.69, 9.17) is 4.42 Å². The lowest BCUT2D eigenvalue weighted by Crippen LogP contribution is -2.12. The van der Waals surface area contributed by atoms with E-state index in [0.717, 1.165) is 11.2 Å². The van der Waals surface area contributed by atoms with Crippen LogP contribution in [0.25, 0.3) is 16.8 Å². The summed E-state index contributed by atoms with van der Waals surface area (Å²) in [5.74, 6) is 0.243. The lowest BCUT2D eigenvalue weighted by atomic mass is 10.3. The molecule has 4 rings (SSSR count). The Morgan fingerprint density at radius 3 is 2.83 bits per heavy atom. The van der Waals surface area contributed by atoms with Gasteiger partial charge in [0.05, 0.1) is 11.9 Å². The Balaban J connectivity index is 1.56. The number of carbonyl (C=O) groups is 1. The molecule has 1 amide bonds. The van der Waals surface area contributed by atoms with E-state index in [2.05, 4.69) is 20.6 Å². The van der Waals surface area contributed by atoms with Gasteiger partial charge in [-0.05, 0) is 24.3 Å². The lowest BCUT2D eigenvalue weighted by molar-refractivity contribution is 0.102. The molecule has 0 aliphatic rings. The molecule has 0 atom stereocenters. The summed E-state index contributed by atoms with van der Waals surface area (Å²) in [6.45, 7) is 1.78. The predicted octanol–water partition coefficient (Wildman–Crippen LogP) is 2.97. The molecule has 0 radical (unpaired) electrons. The van der Waals surface area contributed by atoms with Crippen LogP contribution in [0, 0.1) is 6.92 Å². The number of rotatable bonds is 3. The molecular weight excluding hydrogens is 306 g/mol. The summed E-state index contributed by atoms with van der Waals surface area (Å²) < 4.78 is 7.02. The number of anilines is 1.